The normalized spacial score (nSPS) is 12.2. The number of nitrogens with zero attached hydrogens (tertiary/aromatic N) is 1. The summed E-state index contributed by atoms with van der Waals surface area (Å²) in [5, 5.41) is 9.63. The van der Waals surface area contributed by atoms with Crippen molar-refractivity contribution in [2.75, 3.05) is 0 Å². The van der Waals surface area contributed by atoms with Crippen LogP contribution in [0.4, 0.5) is 0 Å². The molecule has 13 heavy (non-hydrogen) atoms. The standard InChI is InChI=1S/C11H12BrN/c1-8-3-10(6-12)5-11(4-8)9(2)7-13/h3-5,9H,6H2,1-2H3. The first kappa shape index (κ1) is 10.3. The van der Waals surface area contributed by atoms with E-state index in [1.54, 1.807) is 0 Å². The zero-order valence-electron chi connectivity index (χ0n) is 7.84. The molecule has 0 saturated carbocycles. The first-order chi connectivity index (χ1) is 6.17. The molecule has 1 nitrogen and oxygen atoms in total. The Kier molecular flexibility index (Phi) is 3.50. The van der Waals surface area contributed by atoms with Crippen molar-refractivity contribution in [2.45, 2.75) is 25.1 Å². The lowest BCUT2D eigenvalue weighted by Gasteiger charge is -2.06. The van der Waals surface area contributed by atoms with E-state index in [1.807, 2.05) is 6.92 Å². The monoisotopic (exact) mass is 237 g/mol. The molecule has 1 unspecified atom stereocenters. The fourth-order valence-corrected chi connectivity index (χ4v) is 1.62. The molecule has 0 aromatic heterocycles. The maximum atomic E-state index is 8.78. The average molecular weight is 238 g/mol. The van der Waals surface area contributed by atoms with Crippen LogP contribution in [0.1, 0.15) is 29.5 Å². The second kappa shape index (κ2) is 4.43. The molecule has 2 heteroatoms. The summed E-state index contributed by atoms with van der Waals surface area (Å²) in [6, 6.07) is 8.52. The minimum atomic E-state index is -0.0160. The van der Waals surface area contributed by atoms with Gasteiger partial charge < -0.3 is 0 Å². The number of nitriles is 1. The Morgan fingerprint density at radius 2 is 2.15 bits per heavy atom. The summed E-state index contributed by atoms with van der Waals surface area (Å²) in [5.41, 5.74) is 3.56. The summed E-state index contributed by atoms with van der Waals surface area (Å²) >= 11 is 3.41. The van der Waals surface area contributed by atoms with Gasteiger partial charge in [-0.3, -0.25) is 0 Å². The lowest BCUT2D eigenvalue weighted by molar-refractivity contribution is 0.974. The third-order valence-electron chi connectivity index (χ3n) is 2.01. The van der Waals surface area contributed by atoms with Crippen LogP contribution in [0.3, 0.4) is 0 Å². The number of rotatable bonds is 2. The van der Waals surface area contributed by atoms with Gasteiger partial charge in [0, 0.05) is 5.33 Å². The molecule has 0 aliphatic carbocycles. The Balaban J connectivity index is 3.10. The van der Waals surface area contributed by atoms with Crippen LogP contribution in [0.5, 0.6) is 0 Å². The number of hydrogen-bond acceptors (Lipinski definition) is 1. The Morgan fingerprint density at radius 3 is 2.69 bits per heavy atom. The Hall–Kier alpha value is -0.810. The predicted molar refractivity (Wildman–Crippen MR) is 57.8 cm³/mol. The van der Waals surface area contributed by atoms with E-state index < -0.39 is 0 Å². The summed E-state index contributed by atoms with van der Waals surface area (Å²) in [4.78, 5) is 0. The van der Waals surface area contributed by atoms with Gasteiger partial charge in [-0.15, -0.1) is 0 Å². The van der Waals surface area contributed by atoms with Crippen molar-refractivity contribution in [3.8, 4) is 6.07 Å². The predicted octanol–water partition coefficient (Wildman–Crippen LogP) is 3.52. The summed E-state index contributed by atoms with van der Waals surface area (Å²) in [5.74, 6) is -0.0160. The van der Waals surface area contributed by atoms with Crippen LogP contribution >= 0.6 is 15.9 Å². The van der Waals surface area contributed by atoms with Crippen LogP contribution in [-0.2, 0) is 5.33 Å². The molecular formula is C11H12BrN. The highest BCUT2D eigenvalue weighted by Gasteiger charge is 2.05. The van der Waals surface area contributed by atoms with Crippen LogP contribution in [0, 0.1) is 18.3 Å². The highest BCUT2D eigenvalue weighted by molar-refractivity contribution is 9.08. The highest BCUT2D eigenvalue weighted by Crippen LogP contribution is 2.19. The van der Waals surface area contributed by atoms with E-state index in [-0.39, 0.29) is 5.92 Å². The molecule has 0 amide bonds. The summed E-state index contributed by atoms with van der Waals surface area (Å²) < 4.78 is 0. The maximum absolute atomic E-state index is 8.78. The van der Waals surface area contributed by atoms with E-state index >= 15 is 0 Å². The number of halogens is 1. The fraction of sp³-hybridized carbons (Fsp3) is 0.364. The van der Waals surface area contributed by atoms with Crippen molar-refractivity contribution >= 4 is 15.9 Å². The van der Waals surface area contributed by atoms with Gasteiger partial charge in [-0.1, -0.05) is 39.7 Å². The van der Waals surface area contributed by atoms with Gasteiger partial charge in [0.15, 0.2) is 0 Å². The quantitative estimate of drug-likeness (QED) is 0.723. The first-order valence-corrected chi connectivity index (χ1v) is 5.35. The van der Waals surface area contributed by atoms with E-state index in [4.69, 9.17) is 5.26 Å². The molecule has 1 atom stereocenters. The van der Waals surface area contributed by atoms with Gasteiger partial charge in [0.1, 0.15) is 0 Å². The van der Waals surface area contributed by atoms with Gasteiger partial charge in [-0.2, -0.15) is 5.26 Å². The van der Waals surface area contributed by atoms with Gasteiger partial charge in [0.2, 0.25) is 0 Å². The molecule has 0 heterocycles. The topological polar surface area (TPSA) is 23.8 Å². The van der Waals surface area contributed by atoms with Crippen molar-refractivity contribution in [3.63, 3.8) is 0 Å². The molecule has 0 bridgehead atoms. The summed E-state index contributed by atoms with van der Waals surface area (Å²) in [6.45, 7) is 3.98. The molecule has 1 rings (SSSR count). The van der Waals surface area contributed by atoms with E-state index in [0.29, 0.717) is 0 Å². The molecule has 1 aromatic rings. The van der Waals surface area contributed by atoms with Crippen LogP contribution < -0.4 is 0 Å². The minimum Gasteiger partial charge on any atom is -0.198 e. The van der Waals surface area contributed by atoms with Gasteiger partial charge >= 0.3 is 0 Å². The molecule has 0 saturated heterocycles. The Labute approximate surface area is 87.5 Å². The summed E-state index contributed by atoms with van der Waals surface area (Å²) in [6.07, 6.45) is 0. The molecule has 0 fully saturated rings. The van der Waals surface area contributed by atoms with E-state index in [1.165, 1.54) is 11.1 Å². The number of aryl methyl sites for hydroxylation is 1. The molecule has 68 valence electrons. The molecule has 0 spiro atoms. The highest BCUT2D eigenvalue weighted by atomic mass is 79.9. The number of hydrogen-bond donors (Lipinski definition) is 0. The van der Waals surface area contributed by atoms with Gasteiger partial charge in [0.25, 0.3) is 0 Å². The lowest BCUT2D eigenvalue weighted by Crippen LogP contribution is -1.92. The fourth-order valence-electron chi connectivity index (χ4n) is 1.30. The van der Waals surface area contributed by atoms with Gasteiger partial charge in [0.05, 0.1) is 12.0 Å². The summed E-state index contributed by atoms with van der Waals surface area (Å²) in [7, 11) is 0. The third-order valence-corrected chi connectivity index (χ3v) is 2.65. The molecule has 0 N–H and O–H groups in total. The van der Waals surface area contributed by atoms with Crippen molar-refractivity contribution in [1.29, 1.82) is 5.26 Å². The van der Waals surface area contributed by atoms with E-state index in [9.17, 15) is 0 Å². The average Bonchev–Trinajstić information content (AvgIpc) is 2.15. The van der Waals surface area contributed by atoms with Crippen molar-refractivity contribution in [3.05, 3.63) is 34.9 Å². The molecule has 0 radical (unpaired) electrons. The van der Waals surface area contributed by atoms with E-state index in [2.05, 4.69) is 47.1 Å². The van der Waals surface area contributed by atoms with Gasteiger partial charge in [-0.25, -0.2) is 0 Å². The van der Waals surface area contributed by atoms with E-state index in [0.717, 1.165) is 10.9 Å². The second-order valence-electron chi connectivity index (χ2n) is 3.24. The minimum absolute atomic E-state index is 0.0160. The van der Waals surface area contributed by atoms with Crippen LogP contribution in [0.15, 0.2) is 18.2 Å². The van der Waals surface area contributed by atoms with Crippen molar-refractivity contribution in [2.24, 2.45) is 0 Å². The SMILES string of the molecule is Cc1cc(CBr)cc(C(C)C#N)c1. The Bertz CT molecular complexity index is 338. The first-order valence-electron chi connectivity index (χ1n) is 4.23. The number of benzene rings is 1. The molecule has 1 aromatic carbocycles. The molecule has 0 aliphatic rings. The molecular weight excluding hydrogens is 226 g/mol. The zero-order chi connectivity index (χ0) is 9.84. The maximum Gasteiger partial charge on any atom is 0.0700 e. The largest absolute Gasteiger partial charge is 0.198 e. The smallest absolute Gasteiger partial charge is 0.0700 e. The Morgan fingerprint density at radius 1 is 1.46 bits per heavy atom. The van der Waals surface area contributed by atoms with Crippen LogP contribution in [0.2, 0.25) is 0 Å². The second-order valence-corrected chi connectivity index (χ2v) is 3.80. The van der Waals surface area contributed by atoms with Crippen molar-refractivity contribution < 1.29 is 0 Å². The number of alkyl halides is 1. The lowest BCUT2D eigenvalue weighted by atomic mass is 9.98. The van der Waals surface area contributed by atoms with Crippen LogP contribution in [-0.4, -0.2) is 0 Å². The van der Waals surface area contributed by atoms with Crippen LogP contribution in [0.25, 0.3) is 0 Å². The molecule has 0 aliphatic heterocycles. The van der Waals surface area contributed by atoms with Crippen molar-refractivity contribution in [1.82, 2.24) is 0 Å². The van der Waals surface area contributed by atoms with Gasteiger partial charge in [-0.05, 0) is 25.0 Å². The zero-order valence-corrected chi connectivity index (χ0v) is 9.43. The third kappa shape index (κ3) is 2.57.